The van der Waals surface area contributed by atoms with Crippen molar-refractivity contribution in [3.63, 3.8) is 0 Å². The average Bonchev–Trinajstić information content (AvgIpc) is 2.81. The molecule has 1 saturated heterocycles. The first kappa shape index (κ1) is 23.6. The topological polar surface area (TPSA) is 54.9 Å². The summed E-state index contributed by atoms with van der Waals surface area (Å²) in [6.45, 7) is 5.31. The number of fused-ring (bicyclic) bond motifs is 3. The van der Waals surface area contributed by atoms with Crippen molar-refractivity contribution in [2.45, 2.75) is 57.7 Å². The summed E-state index contributed by atoms with van der Waals surface area (Å²) in [5.74, 6) is -0.394. The van der Waals surface area contributed by atoms with Crippen molar-refractivity contribution in [3.05, 3.63) is 59.2 Å². The van der Waals surface area contributed by atoms with Crippen molar-refractivity contribution in [1.82, 2.24) is 14.8 Å². The highest BCUT2D eigenvalue weighted by atomic mass is 19.1. The van der Waals surface area contributed by atoms with Gasteiger partial charge in [0.1, 0.15) is 6.61 Å². The molecule has 0 radical (unpaired) electrons. The fourth-order valence-electron chi connectivity index (χ4n) is 4.96. The van der Waals surface area contributed by atoms with Gasteiger partial charge in [-0.2, -0.15) is 0 Å². The minimum atomic E-state index is -0.449. The molecule has 0 N–H and O–H groups in total. The molecule has 6 nitrogen and oxygen atoms in total. The van der Waals surface area contributed by atoms with Gasteiger partial charge in [-0.05, 0) is 69.5 Å². The van der Waals surface area contributed by atoms with Crippen molar-refractivity contribution in [2.24, 2.45) is 0 Å². The summed E-state index contributed by atoms with van der Waals surface area (Å²) in [5.41, 5.74) is 2.48. The lowest BCUT2D eigenvalue weighted by Crippen LogP contribution is -2.51. The van der Waals surface area contributed by atoms with E-state index in [2.05, 4.69) is 9.88 Å². The fourth-order valence-corrected chi connectivity index (χ4v) is 4.96. The van der Waals surface area contributed by atoms with Crippen LogP contribution in [0.3, 0.4) is 0 Å². The number of benzene rings is 1. The molecule has 0 unspecified atom stereocenters. The Morgan fingerprint density at radius 3 is 2.82 bits per heavy atom. The van der Waals surface area contributed by atoms with Gasteiger partial charge in [0, 0.05) is 38.0 Å². The number of nitrogens with zero attached hydrogens (tertiary/aromatic N) is 3. The number of hydrogen-bond acceptors (Lipinski definition) is 5. The lowest BCUT2D eigenvalue weighted by Gasteiger charge is -2.41. The Bertz CT molecular complexity index is 954. The van der Waals surface area contributed by atoms with Crippen molar-refractivity contribution in [1.29, 1.82) is 0 Å². The maximum atomic E-state index is 14.5. The van der Waals surface area contributed by atoms with Gasteiger partial charge in [0.2, 0.25) is 0 Å². The van der Waals surface area contributed by atoms with Gasteiger partial charge in [-0.3, -0.25) is 14.7 Å². The highest BCUT2D eigenvalue weighted by Crippen LogP contribution is 2.28. The minimum Gasteiger partial charge on any atom is -0.489 e. The Hall–Kier alpha value is -2.51. The lowest BCUT2D eigenvalue weighted by atomic mass is 9.93. The van der Waals surface area contributed by atoms with E-state index in [1.807, 2.05) is 30.0 Å². The standard InChI is InChI=1S/C26H34FN3O3/c1-19-7-5-8-21(28-19)18-29-13-4-3-9-23-24(32-2)10-6-14-30(23)26(31)20-11-12-22(27)25(17-20)33-16-15-29/h5,7-8,11-12,17,23-24H,3-4,6,9-10,13-16,18H2,1-2H3/t23-,24-/m1/s1. The number of methoxy groups -OCH3 is 1. The number of aryl methyl sites for hydroxylation is 1. The molecule has 0 spiro atoms. The van der Waals surface area contributed by atoms with E-state index in [-0.39, 0.29) is 23.8 Å². The molecule has 3 heterocycles. The third kappa shape index (κ3) is 5.89. The molecule has 0 saturated carbocycles. The van der Waals surface area contributed by atoms with Gasteiger partial charge in [-0.1, -0.05) is 12.5 Å². The van der Waals surface area contributed by atoms with Gasteiger partial charge in [0.25, 0.3) is 5.91 Å². The molecule has 1 fully saturated rings. The average molecular weight is 456 g/mol. The first-order valence-electron chi connectivity index (χ1n) is 12.0. The summed E-state index contributed by atoms with van der Waals surface area (Å²) in [7, 11) is 1.73. The molecule has 2 aliphatic heterocycles. The van der Waals surface area contributed by atoms with Crippen LogP contribution in [0.4, 0.5) is 4.39 Å². The predicted molar refractivity (Wildman–Crippen MR) is 125 cm³/mol. The van der Waals surface area contributed by atoms with E-state index in [4.69, 9.17) is 9.47 Å². The Labute approximate surface area is 195 Å². The monoisotopic (exact) mass is 455 g/mol. The number of hydrogen-bond donors (Lipinski definition) is 0. The van der Waals surface area contributed by atoms with E-state index in [1.165, 1.54) is 6.07 Å². The smallest absolute Gasteiger partial charge is 0.254 e. The van der Waals surface area contributed by atoms with Gasteiger partial charge in [0.05, 0.1) is 17.8 Å². The van der Waals surface area contributed by atoms with Crippen LogP contribution in [0, 0.1) is 12.7 Å². The van der Waals surface area contributed by atoms with Crippen LogP contribution in [0.2, 0.25) is 0 Å². The second-order valence-electron chi connectivity index (χ2n) is 9.02. The van der Waals surface area contributed by atoms with Gasteiger partial charge >= 0.3 is 0 Å². The number of pyridine rings is 1. The van der Waals surface area contributed by atoms with Gasteiger partial charge in [-0.15, -0.1) is 0 Å². The van der Waals surface area contributed by atoms with Gasteiger partial charge < -0.3 is 14.4 Å². The van der Waals surface area contributed by atoms with E-state index in [9.17, 15) is 9.18 Å². The highest BCUT2D eigenvalue weighted by Gasteiger charge is 2.34. The van der Waals surface area contributed by atoms with E-state index in [0.717, 1.165) is 56.6 Å². The summed E-state index contributed by atoms with van der Waals surface area (Å²) in [6, 6.07) is 10.5. The van der Waals surface area contributed by atoms with Crippen molar-refractivity contribution in [2.75, 3.05) is 33.4 Å². The summed E-state index contributed by atoms with van der Waals surface area (Å²) in [5, 5.41) is 0. The summed E-state index contributed by atoms with van der Waals surface area (Å²) >= 11 is 0. The normalized spacial score (nSPS) is 22.9. The van der Waals surface area contributed by atoms with Crippen molar-refractivity contribution >= 4 is 5.91 Å². The number of aromatic nitrogens is 1. The maximum absolute atomic E-state index is 14.5. The summed E-state index contributed by atoms with van der Waals surface area (Å²) in [6.07, 6.45) is 4.78. The van der Waals surface area contributed by atoms with E-state index in [1.54, 1.807) is 19.2 Å². The largest absolute Gasteiger partial charge is 0.489 e. The molecule has 2 aromatic rings. The van der Waals surface area contributed by atoms with Crippen LogP contribution >= 0.6 is 0 Å². The molecule has 178 valence electrons. The molecule has 1 aromatic carbocycles. The SMILES string of the molecule is CO[C@@H]1CCCN2C(=O)c3ccc(F)c(c3)OCCN(Cc3cccc(C)n3)CCCC[C@H]12. The predicted octanol–water partition coefficient (Wildman–Crippen LogP) is 4.21. The Morgan fingerprint density at radius 1 is 1.12 bits per heavy atom. The number of ether oxygens (including phenoxy) is 2. The Balaban J connectivity index is 1.57. The first-order chi connectivity index (χ1) is 16.0. The highest BCUT2D eigenvalue weighted by molar-refractivity contribution is 5.95. The molecule has 1 amide bonds. The fraction of sp³-hybridized carbons (Fsp3) is 0.538. The Kier molecular flexibility index (Phi) is 7.93. The van der Waals surface area contributed by atoms with Gasteiger partial charge in [-0.25, -0.2) is 4.39 Å². The first-order valence-corrected chi connectivity index (χ1v) is 12.0. The minimum absolute atomic E-state index is 0.0272. The number of piperidine rings is 1. The van der Waals surface area contributed by atoms with E-state index >= 15 is 0 Å². The molecule has 7 heteroatoms. The molecule has 33 heavy (non-hydrogen) atoms. The number of carbonyl (C=O) groups excluding carboxylic acids is 1. The number of carbonyl (C=O) groups is 1. The van der Waals surface area contributed by atoms with Crippen LogP contribution < -0.4 is 4.74 Å². The third-order valence-electron chi connectivity index (χ3n) is 6.68. The number of amides is 1. The van der Waals surface area contributed by atoms with Crippen LogP contribution in [0.5, 0.6) is 5.75 Å². The third-order valence-corrected chi connectivity index (χ3v) is 6.68. The zero-order valence-corrected chi connectivity index (χ0v) is 19.6. The molecule has 0 aliphatic carbocycles. The number of halogens is 1. The maximum Gasteiger partial charge on any atom is 0.254 e. The Morgan fingerprint density at radius 2 is 2.00 bits per heavy atom. The zero-order chi connectivity index (χ0) is 23.2. The van der Waals surface area contributed by atoms with Crippen LogP contribution in [-0.2, 0) is 11.3 Å². The second-order valence-corrected chi connectivity index (χ2v) is 9.02. The van der Waals surface area contributed by atoms with Crippen molar-refractivity contribution < 1.29 is 18.7 Å². The molecule has 1 aromatic heterocycles. The molecular formula is C26H34FN3O3. The quantitative estimate of drug-likeness (QED) is 0.694. The van der Waals surface area contributed by atoms with E-state index < -0.39 is 5.82 Å². The van der Waals surface area contributed by atoms with Crippen LogP contribution in [0.25, 0.3) is 0 Å². The molecule has 2 aliphatic rings. The van der Waals surface area contributed by atoms with E-state index in [0.29, 0.717) is 25.3 Å². The summed E-state index contributed by atoms with van der Waals surface area (Å²) in [4.78, 5) is 22.2. The van der Waals surface area contributed by atoms with Crippen LogP contribution in [0.15, 0.2) is 36.4 Å². The molecular weight excluding hydrogens is 421 g/mol. The molecule has 4 rings (SSSR count). The van der Waals surface area contributed by atoms with Crippen LogP contribution in [-0.4, -0.2) is 66.2 Å². The van der Waals surface area contributed by atoms with Gasteiger partial charge in [0.15, 0.2) is 11.6 Å². The second kappa shape index (κ2) is 11.1. The van der Waals surface area contributed by atoms with Crippen molar-refractivity contribution in [3.8, 4) is 5.75 Å². The molecule has 2 atom stereocenters. The molecule has 2 bridgehead atoms. The zero-order valence-electron chi connectivity index (χ0n) is 19.6. The lowest BCUT2D eigenvalue weighted by molar-refractivity contribution is -0.0156. The summed E-state index contributed by atoms with van der Waals surface area (Å²) < 4.78 is 26.0. The number of rotatable bonds is 3. The van der Waals surface area contributed by atoms with Crippen LogP contribution in [0.1, 0.15) is 53.8 Å².